The lowest BCUT2D eigenvalue weighted by molar-refractivity contribution is -0.135. The van der Waals surface area contributed by atoms with E-state index in [0.717, 1.165) is 0 Å². The summed E-state index contributed by atoms with van der Waals surface area (Å²) in [6.07, 6.45) is 0.427. The lowest BCUT2D eigenvalue weighted by atomic mass is 10.1. The molecule has 1 aromatic heterocycles. The first kappa shape index (κ1) is 16.2. The first-order valence-electron chi connectivity index (χ1n) is 6.43. The number of halogens is 2. The molecule has 0 saturated heterocycles. The average Bonchev–Trinajstić information content (AvgIpc) is 2.74. The highest BCUT2D eigenvalue weighted by Crippen LogP contribution is 2.64. The van der Waals surface area contributed by atoms with Crippen LogP contribution in [0.4, 0.5) is 0 Å². The number of carbonyl (C=O) groups is 2. The largest absolute Gasteiger partial charge is 0.465 e. The summed E-state index contributed by atoms with van der Waals surface area (Å²) < 4.78 is 9.14. The molecule has 21 heavy (non-hydrogen) atoms. The third kappa shape index (κ3) is 2.77. The van der Waals surface area contributed by atoms with E-state index in [4.69, 9.17) is 27.6 Å². The van der Waals surface area contributed by atoms with E-state index in [1.807, 2.05) is 0 Å². The molecule has 0 aliphatic heterocycles. The second-order valence-corrected chi connectivity index (χ2v) is 7.03. The molecule has 1 aliphatic rings. The fraction of sp³-hybridized carbons (Fsp3) is 0.571. The van der Waals surface area contributed by atoms with Gasteiger partial charge in [-0.1, -0.05) is 0 Å². The molecule has 7 heteroatoms. The second kappa shape index (κ2) is 5.21. The SMILES string of the molecule is COC(=O)c1cc(CN(C)C(=O)C2(C)CC2(Cl)Cl)oc1C. The van der Waals surface area contributed by atoms with Crippen molar-refractivity contribution in [3.8, 4) is 0 Å². The Morgan fingerprint density at radius 2 is 2.05 bits per heavy atom. The number of hydrogen-bond donors (Lipinski definition) is 0. The molecule has 0 bridgehead atoms. The molecule has 5 nitrogen and oxygen atoms in total. The number of nitrogens with zero attached hydrogens (tertiary/aromatic N) is 1. The van der Waals surface area contributed by atoms with Crippen LogP contribution in [0.2, 0.25) is 0 Å². The van der Waals surface area contributed by atoms with Crippen molar-refractivity contribution < 1.29 is 18.7 Å². The van der Waals surface area contributed by atoms with E-state index in [-0.39, 0.29) is 12.5 Å². The Labute approximate surface area is 133 Å². The number of aryl methyl sites for hydroxylation is 1. The lowest BCUT2D eigenvalue weighted by Gasteiger charge is -2.21. The highest BCUT2D eigenvalue weighted by molar-refractivity contribution is 6.53. The Hall–Kier alpha value is -1.20. The molecule has 2 rings (SSSR count). The molecule has 1 fully saturated rings. The lowest BCUT2D eigenvalue weighted by Crippen LogP contribution is -2.34. The van der Waals surface area contributed by atoms with Crippen molar-refractivity contribution in [2.24, 2.45) is 5.41 Å². The van der Waals surface area contributed by atoms with Crippen LogP contribution >= 0.6 is 23.2 Å². The smallest absolute Gasteiger partial charge is 0.341 e. The highest BCUT2D eigenvalue weighted by Gasteiger charge is 2.68. The number of carbonyl (C=O) groups excluding carboxylic acids is 2. The molecule has 1 aromatic rings. The van der Waals surface area contributed by atoms with Crippen molar-refractivity contribution >= 4 is 35.1 Å². The van der Waals surface area contributed by atoms with Crippen LogP contribution < -0.4 is 0 Å². The van der Waals surface area contributed by atoms with Crippen LogP contribution in [0.1, 0.15) is 35.2 Å². The van der Waals surface area contributed by atoms with Crippen LogP contribution in [0.25, 0.3) is 0 Å². The molecule has 1 amide bonds. The number of rotatable bonds is 4. The predicted molar refractivity (Wildman–Crippen MR) is 78.4 cm³/mol. The summed E-state index contributed by atoms with van der Waals surface area (Å²) in [5, 5.41) is 0. The van der Waals surface area contributed by atoms with Crippen molar-refractivity contribution in [2.75, 3.05) is 14.2 Å². The molecular weight excluding hydrogens is 317 g/mol. The molecule has 116 valence electrons. The van der Waals surface area contributed by atoms with Gasteiger partial charge in [-0.3, -0.25) is 4.79 Å². The van der Waals surface area contributed by atoms with E-state index in [9.17, 15) is 9.59 Å². The van der Waals surface area contributed by atoms with E-state index in [1.165, 1.54) is 12.0 Å². The van der Waals surface area contributed by atoms with Gasteiger partial charge in [-0.25, -0.2) is 4.79 Å². The zero-order chi connectivity index (χ0) is 16.0. The molecule has 0 aromatic carbocycles. The molecule has 0 radical (unpaired) electrons. The molecule has 1 heterocycles. The average molecular weight is 334 g/mol. The summed E-state index contributed by atoms with van der Waals surface area (Å²) in [6, 6.07) is 1.58. The predicted octanol–water partition coefficient (Wildman–Crippen LogP) is 2.92. The summed E-state index contributed by atoms with van der Waals surface area (Å²) in [4.78, 5) is 25.4. The third-order valence-corrected chi connectivity index (χ3v) is 4.95. The van der Waals surface area contributed by atoms with Crippen LogP contribution in [0, 0.1) is 12.3 Å². The number of ether oxygens (including phenoxy) is 1. The van der Waals surface area contributed by atoms with Crippen molar-refractivity contribution in [3.63, 3.8) is 0 Å². The minimum Gasteiger partial charge on any atom is -0.465 e. The fourth-order valence-electron chi connectivity index (χ4n) is 2.29. The van der Waals surface area contributed by atoms with Gasteiger partial charge in [-0.15, -0.1) is 23.2 Å². The summed E-state index contributed by atoms with van der Waals surface area (Å²) in [5.74, 6) is 0.342. The van der Waals surface area contributed by atoms with Crippen LogP contribution in [0.5, 0.6) is 0 Å². The van der Waals surface area contributed by atoms with Gasteiger partial charge in [0.15, 0.2) is 0 Å². The first-order chi connectivity index (χ1) is 9.62. The standard InChI is InChI=1S/C14H17Cl2NO4/c1-8-10(11(18)20-4)5-9(21-8)6-17(3)12(19)13(2)7-14(13,15)16/h5H,6-7H2,1-4H3. The Morgan fingerprint density at radius 1 is 1.48 bits per heavy atom. The second-order valence-electron chi connectivity index (χ2n) is 5.55. The summed E-state index contributed by atoms with van der Waals surface area (Å²) in [6.45, 7) is 3.64. The fourth-order valence-corrected chi connectivity index (χ4v) is 2.99. The monoisotopic (exact) mass is 333 g/mol. The Morgan fingerprint density at radius 3 is 2.52 bits per heavy atom. The van der Waals surface area contributed by atoms with Crippen molar-refractivity contribution in [2.45, 2.75) is 31.1 Å². The van der Waals surface area contributed by atoms with Crippen LogP contribution in [-0.4, -0.2) is 35.3 Å². The number of furan rings is 1. The van der Waals surface area contributed by atoms with Gasteiger partial charge in [0.05, 0.1) is 19.1 Å². The topological polar surface area (TPSA) is 59.8 Å². The Balaban J connectivity index is 2.09. The van der Waals surface area contributed by atoms with Crippen molar-refractivity contribution in [3.05, 3.63) is 23.2 Å². The molecule has 1 unspecified atom stereocenters. The van der Waals surface area contributed by atoms with Gasteiger partial charge in [0.1, 0.15) is 21.4 Å². The number of esters is 1. The normalized spacial score (nSPS) is 22.8. The van der Waals surface area contributed by atoms with Gasteiger partial charge in [0.25, 0.3) is 0 Å². The number of methoxy groups -OCH3 is 1. The van der Waals surface area contributed by atoms with E-state index in [1.54, 1.807) is 27.0 Å². The Kier molecular flexibility index (Phi) is 4.02. The molecule has 1 saturated carbocycles. The zero-order valence-electron chi connectivity index (χ0n) is 12.3. The van der Waals surface area contributed by atoms with Gasteiger partial charge < -0.3 is 14.1 Å². The van der Waals surface area contributed by atoms with Crippen LogP contribution in [0.3, 0.4) is 0 Å². The summed E-state index contributed by atoms with van der Waals surface area (Å²) in [7, 11) is 2.95. The minimum absolute atomic E-state index is 0.152. The van der Waals surface area contributed by atoms with Gasteiger partial charge in [0, 0.05) is 7.05 Å². The van der Waals surface area contributed by atoms with Crippen LogP contribution in [0.15, 0.2) is 10.5 Å². The van der Waals surface area contributed by atoms with E-state index >= 15 is 0 Å². The first-order valence-corrected chi connectivity index (χ1v) is 7.19. The van der Waals surface area contributed by atoms with Crippen molar-refractivity contribution in [1.82, 2.24) is 4.90 Å². The number of alkyl halides is 2. The zero-order valence-corrected chi connectivity index (χ0v) is 13.8. The minimum atomic E-state index is -1.01. The summed E-state index contributed by atoms with van der Waals surface area (Å²) >= 11 is 12.0. The van der Waals surface area contributed by atoms with E-state index in [0.29, 0.717) is 23.5 Å². The van der Waals surface area contributed by atoms with E-state index < -0.39 is 15.7 Å². The third-order valence-electron chi connectivity index (χ3n) is 3.84. The van der Waals surface area contributed by atoms with Gasteiger partial charge in [-0.2, -0.15) is 0 Å². The van der Waals surface area contributed by atoms with Crippen LogP contribution in [-0.2, 0) is 16.1 Å². The molecule has 0 N–H and O–H groups in total. The maximum Gasteiger partial charge on any atom is 0.341 e. The summed E-state index contributed by atoms with van der Waals surface area (Å²) in [5.41, 5.74) is -0.410. The highest BCUT2D eigenvalue weighted by atomic mass is 35.5. The van der Waals surface area contributed by atoms with Crippen molar-refractivity contribution in [1.29, 1.82) is 0 Å². The van der Waals surface area contributed by atoms with Gasteiger partial charge in [0.2, 0.25) is 5.91 Å². The maximum absolute atomic E-state index is 12.4. The quantitative estimate of drug-likeness (QED) is 0.627. The molecular formula is C14H17Cl2NO4. The van der Waals surface area contributed by atoms with E-state index in [2.05, 4.69) is 4.74 Å². The molecule has 1 atom stereocenters. The maximum atomic E-state index is 12.4. The molecule has 0 spiro atoms. The Bertz CT molecular complexity index is 596. The van der Waals surface area contributed by atoms with Gasteiger partial charge >= 0.3 is 5.97 Å². The van der Waals surface area contributed by atoms with Gasteiger partial charge in [-0.05, 0) is 26.3 Å². The molecule has 1 aliphatic carbocycles. The number of amides is 1. The number of hydrogen-bond acceptors (Lipinski definition) is 4.